The van der Waals surface area contributed by atoms with Gasteiger partial charge in [0.15, 0.2) is 0 Å². The Hall–Kier alpha value is -2.72. The van der Waals surface area contributed by atoms with E-state index in [0.717, 1.165) is 0 Å². The summed E-state index contributed by atoms with van der Waals surface area (Å²) in [5.41, 5.74) is -0.180. The molecule has 2 heterocycles. The van der Waals surface area contributed by atoms with Crippen molar-refractivity contribution in [2.75, 3.05) is 54.6 Å². The lowest BCUT2D eigenvalue weighted by atomic mass is 9.79. The molecule has 0 aliphatic carbocycles. The van der Waals surface area contributed by atoms with Crippen LogP contribution in [0.2, 0.25) is 0 Å². The molecule has 0 bridgehead atoms. The second-order valence-electron chi connectivity index (χ2n) is 9.58. The molecule has 2 aliphatic rings. The van der Waals surface area contributed by atoms with Gasteiger partial charge in [-0.2, -0.15) is 0 Å². The SMILES string of the molecule is C.C.C.C.C.C.C.C.C=C(C)C(=O)OCC1CO1.C=CC(=O)N(C)C.CCC(C)(CC(C)C(=O)N(C)C)C(=O)OCC1CO1. The number of epoxide rings is 2. The van der Waals surface area contributed by atoms with Gasteiger partial charge >= 0.3 is 11.9 Å². The first-order chi connectivity index (χ1) is 16.7. The highest BCUT2D eigenvalue weighted by molar-refractivity contribution is 5.87. The number of carbonyl (C=O) groups excluding carboxylic acids is 4. The van der Waals surface area contributed by atoms with Gasteiger partial charge < -0.3 is 28.7 Å². The van der Waals surface area contributed by atoms with Crippen molar-refractivity contribution in [1.29, 1.82) is 0 Å². The smallest absolute Gasteiger partial charge is 0.333 e. The Labute approximate surface area is 274 Å². The molecule has 0 spiro atoms. The number of nitrogens with zero attached hydrogens (tertiary/aromatic N) is 2. The fourth-order valence-corrected chi connectivity index (χ4v) is 2.72. The lowest BCUT2D eigenvalue weighted by Crippen LogP contribution is -2.36. The van der Waals surface area contributed by atoms with E-state index in [1.807, 2.05) is 20.8 Å². The van der Waals surface area contributed by atoms with Crippen LogP contribution < -0.4 is 0 Å². The molecule has 0 aromatic heterocycles. The minimum Gasteiger partial charge on any atom is -0.462 e. The van der Waals surface area contributed by atoms with Gasteiger partial charge in [-0.15, -0.1) is 0 Å². The molecule has 0 N–H and O–H groups in total. The van der Waals surface area contributed by atoms with Gasteiger partial charge in [-0.1, -0.05) is 86.4 Å². The summed E-state index contributed by atoms with van der Waals surface area (Å²) in [7, 11) is 6.82. The van der Waals surface area contributed by atoms with E-state index in [1.54, 1.807) is 40.0 Å². The molecule has 2 aliphatic heterocycles. The van der Waals surface area contributed by atoms with Crippen LogP contribution >= 0.6 is 0 Å². The first-order valence-electron chi connectivity index (χ1n) is 12.0. The Balaban J connectivity index is -0.0000000608. The maximum absolute atomic E-state index is 12.2. The van der Waals surface area contributed by atoms with Crippen LogP contribution in [-0.4, -0.2) is 100 Å². The Bertz CT molecular complexity index is 775. The number of hydrogen-bond donors (Lipinski definition) is 0. The van der Waals surface area contributed by atoms with Crippen LogP contribution in [0.4, 0.5) is 0 Å². The summed E-state index contributed by atoms with van der Waals surface area (Å²) in [5, 5.41) is 0. The number of hydrogen-bond acceptors (Lipinski definition) is 8. The molecular weight excluding hydrogens is 564 g/mol. The topological polar surface area (TPSA) is 118 Å². The van der Waals surface area contributed by atoms with Crippen molar-refractivity contribution < 1.29 is 38.1 Å². The molecule has 2 saturated heterocycles. The number of rotatable bonds is 11. The van der Waals surface area contributed by atoms with Crippen LogP contribution in [0, 0.1) is 11.3 Å². The molecule has 2 amide bonds. The zero-order chi connectivity index (χ0) is 28.1. The van der Waals surface area contributed by atoms with Gasteiger partial charge in [0.25, 0.3) is 0 Å². The van der Waals surface area contributed by atoms with Crippen molar-refractivity contribution >= 4 is 23.8 Å². The van der Waals surface area contributed by atoms with Crippen LogP contribution in [0.15, 0.2) is 24.8 Å². The van der Waals surface area contributed by atoms with Crippen LogP contribution in [0.25, 0.3) is 0 Å². The fraction of sp³-hybridized carbons (Fsp3) is 0.765. The Morgan fingerprint density at radius 2 is 1.25 bits per heavy atom. The molecule has 4 unspecified atom stereocenters. The molecule has 270 valence electrons. The number of likely N-dealkylation sites (N-methyl/N-ethyl adjacent to an activating group) is 1. The van der Waals surface area contributed by atoms with Crippen molar-refractivity contribution in [3.8, 4) is 0 Å². The highest BCUT2D eigenvalue weighted by atomic mass is 16.6. The normalized spacial score (nSPS) is 15.8. The zero-order valence-corrected chi connectivity index (χ0v) is 23.1. The van der Waals surface area contributed by atoms with Gasteiger partial charge in [0.2, 0.25) is 11.8 Å². The van der Waals surface area contributed by atoms with Crippen molar-refractivity contribution in [3.63, 3.8) is 0 Å². The summed E-state index contributed by atoms with van der Waals surface area (Å²) < 4.78 is 19.9. The molecule has 0 saturated carbocycles. The maximum atomic E-state index is 12.2. The van der Waals surface area contributed by atoms with Gasteiger partial charge in [-0.25, -0.2) is 4.79 Å². The second-order valence-corrected chi connectivity index (χ2v) is 9.58. The number of carbonyl (C=O) groups is 4. The Morgan fingerprint density at radius 1 is 0.864 bits per heavy atom. The molecule has 10 nitrogen and oxygen atoms in total. The first kappa shape index (κ1) is 64.3. The second kappa shape index (κ2) is 31.7. The van der Waals surface area contributed by atoms with Gasteiger partial charge in [-0.3, -0.25) is 14.4 Å². The third kappa shape index (κ3) is 28.1. The quantitative estimate of drug-likeness (QED) is 0.131. The van der Waals surface area contributed by atoms with Gasteiger partial charge in [-0.05, 0) is 32.8 Å². The standard InChI is InChI=1S/C14H25NO4.C7H10O3.C5H9NO.8CH4/c1-6-14(3,7-10(2)12(16)15(4)5)13(17)19-9-11-8-18-11;1-5(2)7(8)10-4-6-3-9-6;1-4-5(7)6(2)3;;;;;;;;/h10-11H,6-9H2,1-5H3;6H,1,3-4H2,2H3;4H,1H2,2-3H3;8*1H4. The highest BCUT2D eigenvalue weighted by Gasteiger charge is 2.37. The molecule has 0 aromatic carbocycles. The first-order valence-corrected chi connectivity index (χ1v) is 12.0. The van der Waals surface area contributed by atoms with Gasteiger partial charge in [0, 0.05) is 39.7 Å². The average molecular weight is 641 g/mol. The van der Waals surface area contributed by atoms with E-state index in [9.17, 15) is 19.2 Å². The lowest BCUT2D eigenvalue weighted by molar-refractivity contribution is -0.157. The highest BCUT2D eigenvalue weighted by Crippen LogP contribution is 2.32. The third-order valence-electron chi connectivity index (χ3n) is 5.46. The van der Waals surface area contributed by atoms with Gasteiger partial charge in [0.1, 0.15) is 25.4 Å². The summed E-state index contributed by atoms with van der Waals surface area (Å²) in [4.78, 5) is 48.1. The molecule has 2 rings (SSSR count). The van der Waals surface area contributed by atoms with Crippen molar-refractivity contribution in [2.45, 2.75) is 112 Å². The minimum absolute atomic E-state index is 0. The predicted octanol–water partition coefficient (Wildman–Crippen LogP) is 7.31. The van der Waals surface area contributed by atoms with Crippen LogP contribution in [0.3, 0.4) is 0 Å². The maximum Gasteiger partial charge on any atom is 0.333 e. The lowest BCUT2D eigenvalue weighted by Gasteiger charge is -2.29. The average Bonchev–Trinajstić information content (AvgIpc) is 3.75. The number of ether oxygens (including phenoxy) is 4. The Kier molecular flexibility index (Phi) is 46.3. The number of amides is 2. The van der Waals surface area contributed by atoms with E-state index in [-0.39, 0.29) is 101 Å². The van der Waals surface area contributed by atoms with Crippen molar-refractivity contribution in [3.05, 3.63) is 24.8 Å². The summed E-state index contributed by atoms with van der Waals surface area (Å²) in [6, 6.07) is 0. The molecule has 0 radical (unpaired) electrons. The van der Waals surface area contributed by atoms with Gasteiger partial charge in [0.05, 0.1) is 18.6 Å². The third-order valence-corrected chi connectivity index (χ3v) is 5.46. The minimum atomic E-state index is -0.611. The summed E-state index contributed by atoms with van der Waals surface area (Å²) in [6.45, 7) is 16.1. The van der Waals surface area contributed by atoms with Crippen molar-refractivity contribution in [1.82, 2.24) is 9.80 Å². The molecule has 44 heavy (non-hydrogen) atoms. The van der Waals surface area contributed by atoms with E-state index < -0.39 is 5.41 Å². The molecule has 0 aromatic rings. The number of esters is 2. The van der Waals surface area contributed by atoms with Crippen LogP contribution in [0.1, 0.15) is 99.9 Å². The monoisotopic (exact) mass is 641 g/mol. The van der Waals surface area contributed by atoms with E-state index in [1.165, 1.54) is 11.0 Å². The molecule has 2 fully saturated rings. The summed E-state index contributed by atoms with van der Waals surface area (Å²) in [5.74, 6) is -0.776. The van der Waals surface area contributed by atoms with E-state index >= 15 is 0 Å². The molecular formula is C34H76N2O8. The van der Waals surface area contributed by atoms with E-state index in [0.29, 0.717) is 44.8 Å². The fourth-order valence-electron chi connectivity index (χ4n) is 2.72. The van der Waals surface area contributed by atoms with Crippen molar-refractivity contribution in [2.24, 2.45) is 11.3 Å². The summed E-state index contributed by atoms with van der Waals surface area (Å²) in [6.07, 6.45) is 2.65. The van der Waals surface area contributed by atoms with Crippen LogP contribution in [-0.2, 0) is 38.1 Å². The summed E-state index contributed by atoms with van der Waals surface area (Å²) >= 11 is 0. The largest absolute Gasteiger partial charge is 0.462 e. The Morgan fingerprint density at radius 3 is 1.50 bits per heavy atom. The van der Waals surface area contributed by atoms with E-state index in [4.69, 9.17) is 18.9 Å². The predicted molar refractivity (Wildman–Crippen MR) is 190 cm³/mol. The molecule has 10 heteroatoms. The van der Waals surface area contributed by atoms with Crippen LogP contribution in [0.5, 0.6) is 0 Å². The van der Waals surface area contributed by atoms with E-state index in [2.05, 4.69) is 13.2 Å². The molecule has 4 atom stereocenters. The zero-order valence-electron chi connectivity index (χ0n) is 23.1.